The maximum absolute atomic E-state index is 6.03. The summed E-state index contributed by atoms with van der Waals surface area (Å²) in [6.45, 7) is 5.40. The van der Waals surface area contributed by atoms with Gasteiger partial charge in [0.15, 0.2) is 5.96 Å². The smallest absolute Gasteiger partial charge is 0.191 e. The van der Waals surface area contributed by atoms with Crippen LogP contribution in [0.1, 0.15) is 27.2 Å². The molecular formula is C19H23ClN6S. The Bertz CT molecular complexity index is 866. The molecule has 0 radical (unpaired) electrons. The van der Waals surface area contributed by atoms with Gasteiger partial charge < -0.3 is 10.6 Å². The number of hydrogen-bond acceptors (Lipinski definition) is 4. The van der Waals surface area contributed by atoms with Crippen molar-refractivity contribution in [1.29, 1.82) is 0 Å². The van der Waals surface area contributed by atoms with Crippen LogP contribution >= 0.6 is 22.9 Å². The van der Waals surface area contributed by atoms with Crippen molar-refractivity contribution in [3.8, 4) is 0 Å². The van der Waals surface area contributed by atoms with Gasteiger partial charge in [-0.15, -0.1) is 11.3 Å². The van der Waals surface area contributed by atoms with Crippen molar-refractivity contribution in [1.82, 2.24) is 25.4 Å². The Balaban J connectivity index is 1.65. The number of thiazole rings is 1. The van der Waals surface area contributed by atoms with E-state index in [0.29, 0.717) is 13.1 Å². The van der Waals surface area contributed by atoms with Gasteiger partial charge in [0.25, 0.3) is 0 Å². The van der Waals surface area contributed by atoms with Crippen molar-refractivity contribution >= 4 is 28.9 Å². The average molecular weight is 403 g/mol. The molecule has 0 spiro atoms. The van der Waals surface area contributed by atoms with Gasteiger partial charge in [0.1, 0.15) is 5.01 Å². The van der Waals surface area contributed by atoms with E-state index in [0.717, 1.165) is 27.2 Å². The third kappa shape index (κ3) is 5.08. The van der Waals surface area contributed by atoms with Gasteiger partial charge in [0.2, 0.25) is 0 Å². The summed E-state index contributed by atoms with van der Waals surface area (Å²) in [5, 5.41) is 12.9. The highest BCUT2D eigenvalue weighted by Gasteiger charge is 2.15. The second-order valence-corrected chi connectivity index (χ2v) is 7.83. The largest absolute Gasteiger partial charge is 0.354 e. The summed E-state index contributed by atoms with van der Waals surface area (Å²) < 4.78 is 1.93. The molecule has 27 heavy (non-hydrogen) atoms. The normalized spacial score (nSPS) is 12.8. The lowest BCUT2D eigenvalue weighted by Crippen LogP contribution is -2.40. The molecule has 2 heterocycles. The molecule has 0 saturated heterocycles. The maximum atomic E-state index is 6.03. The lowest BCUT2D eigenvalue weighted by atomic mass is 10.1. The van der Waals surface area contributed by atoms with Crippen LogP contribution in [0.4, 0.5) is 0 Å². The first-order valence-corrected chi connectivity index (χ1v) is 9.88. The number of nitrogens with zero attached hydrogens (tertiary/aromatic N) is 4. The lowest BCUT2D eigenvalue weighted by Gasteiger charge is -2.20. The van der Waals surface area contributed by atoms with Crippen LogP contribution in [0.25, 0.3) is 0 Å². The SMILES string of the molecule is CN=C(NCc1nc(C)c(C)s1)NCC(c1ccc(Cl)cc1)n1cccn1. The standard InChI is InChI=1S/C19H23ClN6S/c1-13-14(2)27-18(25-13)12-23-19(21-3)22-11-17(26-10-4-9-24-26)15-5-7-16(20)8-6-15/h4-10,17H,11-12H2,1-3H3,(H2,21,22,23). The number of guanidine groups is 1. The van der Waals surface area contributed by atoms with Gasteiger partial charge in [0, 0.05) is 35.9 Å². The van der Waals surface area contributed by atoms with Gasteiger partial charge in [0.05, 0.1) is 18.3 Å². The molecule has 0 saturated carbocycles. The molecule has 1 unspecified atom stereocenters. The van der Waals surface area contributed by atoms with Crippen molar-refractivity contribution in [2.45, 2.75) is 26.4 Å². The zero-order chi connectivity index (χ0) is 19.2. The number of aryl methyl sites for hydroxylation is 2. The van der Waals surface area contributed by atoms with Crippen molar-refractivity contribution in [2.75, 3.05) is 13.6 Å². The van der Waals surface area contributed by atoms with Gasteiger partial charge in [-0.1, -0.05) is 23.7 Å². The van der Waals surface area contributed by atoms with Gasteiger partial charge in [-0.25, -0.2) is 4.98 Å². The van der Waals surface area contributed by atoms with Crippen LogP contribution in [0, 0.1) is 13.8 Å². The Morgan fingerprint density at radius 1 is 1.26 bits per heavy atom. The van der Waals surface area contributed by atoms with Crippen LogP contribution in [0.3, 0.4) is 0 Å². The quantitative estimate of drug-likeness (QED) is 0.488. The number of hydrogen-bond donors (Lipinski definition) is 2. The van der Waals surface area contributed by atoms with Gasteiger partial charge in [-0.3, -0.25) is 9.67 Å². The fourth-order valence-electron chi connectivity index (χ4n) is 2.70. The topological polar surface area (TPSA) is 67.1 Å². The fraction of sp³-hybridized carbons (Fsp3) is 0.316. The minimum Gasteiger partial charge on any atom is -0.354 e. The van der Waals surface area contributed by atoms with Crippen LogP contribution in [0.15, 0.2) is 47.7 Å². The Kier molecular flexibility index (Phi) is 6.47. The summed E-state index contributed by atoms with van der Waals surface area (Å²) in [5.41, 5.74) is 2.21. The summed E-state index contributed by atoms with van der Waals surface area (Å²) in [7, 11) is 1.76. The zero-order valence-electron chi connectivity index (χ0n) is 15.6. The minimum absolute atomic E-state index is 0.0279. The Labute approximate surface area is 168 Å². The first-order valence-electron chi connectivity index (χ1n) is 8.69. The molecule has 2 aromatic heterocycles. The summed E-state index contributed by atoms with van der Waals surface area (Å²) in [5.74, 6) is 0.728. The first kappa shape index (κ1) is 19.4. The highest BCUT2D eigenvalue weighted by atomic mass is 35.5. The van der Waals surface area contributed by atoms with Crippen LogP contribution in [-0.2, 0) is 6.54 Å². The molecule has 6 nitrogen and oxygen atoms in total. The number of aromatic nitrogens is 3. The molecule has 142 valence electrons. The first-order chi connectivity index (χ1) is 13.1. The van der Waals surface area contributed by atoms with Gasteiger partial charge >= 0.3 is 0 Å². The zero-order valence-corrected chi connectivity index (χ0v) is 17.2. The van der Waals surface area contributed by atoms with Crippen molar-refractivity contribution in [2.24, 2.45) is 4.99 Å². The van der Waals surface area contributed by atoms with E-state index in [1.54, 1.807) is 24.6 Å². The third-order valence-corrected chi connectivity index (χ3v) is 5.59. The van der Waals surface area contributed by atoms with Crippen LogP contribution in [-0.4, -0.2) is 34.3 Å². The molecule has 1 aromatic carbocycles. The van der Waals surface area contributed by atoms with E-state index in [-0.39, 0.29) is 6.04 Å². The summed E-state index contributed by atoms with van der Waals surface area (Å²) in [6, 6.07) is 9.78. The van der Waals surface area contributed by atoms with E-state index in [9.17, 15) is 0 Å². The van der Waals surface area contributed by atoms with E-state index >= 15 is 0 Å². The second-order valence-electron chi connectivity index (χ2n) is 6.11. The molecule has 0 amide bonds. The molecule has 0 fully saturated rings. The number of aliphatic imine (C=N–C) groups is 1. The molecule has 1 atom stereocenters. The molecular weight excluding hydrogens is 380 g/mol. The fourth-order valence-corrected chi connectivity index (χ4v) is 3.70. The summed E-state index contributed by atoms with van der Waals surface area (Å²) in [4.78, 5) is 10.1. The van der Waals surface area contributed by atoms with Crippen LogP contribution in [0.2, 0.25) is 5.02 Å². The van der Waals surface area contributed by atoms with Crippen LogP contribution in [0.5, 0.6) is 0 Å². The molecule has 0 bridgehead atoms. The number of rotatable bonds is 6. The van der Waals surface area contributed by atoms with E-state index in [2.05, 4.69) is 32.6 Å². The molecule has 0 aliphatic rings. The number of benzene rings is 1. The average Bonchev–Trinajstić information content (AvgIpc) is 3.30. The lowest BCUT2D eigenvalue weighted by molar-refractivity contribution is 0.510. The van der Waals surface area contributed by atoms with Gasteiger partial charge in [-0.2, -0.15) is 5.10 Å². The van der Waals surface area contributed by atoms with E-state index in [1.807, 2.05) is 48.1 Å². The molecule has 3 aromatic rings. The maximum Gasteiger partial charge on any atom is 0.191 e. The number of halogens is 1. The molecule has 3 rings (SSSR count). The molecule has 2 N–H and O–H groups in total. The monoisotopic (exact) mass is 402 g/mol. The molecule has 0 aliphatic carbocycles. The second kappa shape index (κ2) is 9.01. The van der Waals surface area contributed by atoms with E-state index < -0.39 is 0 Å². The molecule has 8 heteroatoms. The van der Waals surface area contributed by atoms with Crippen molar-refractivity contribution in [3.05, 3.63) is 68.9 Å². The highest BCUT2D eigenvalue weighted by Crippen LogP contribution is 2.19. The minimum atomic E-state index is 0.0279. The van der Waals surface area contributed by atoms with Gasteiger partial charge in [-0.05, 0) is 37.6 Å². The van der Waals surface area contributed by atoms with Crippen molar-refractivity contribution < 1.29 is 0 Å². The Hall–Kier alpha value is -2.38. The third-order valence-electron chi connectivity index (χ3n) is 4.27. The molecule has 0 aliphatic heterocycles. The summed E-state index contributed by atoms with van der Waals surface area (Å²) in [6.07, 6.45) is 3.74. The van der Waals surface area contributed by atoms with Crippen molar-refractivity contribution in [3.63, 3.8) is 0 Å². The van der Waals surface area contributed by atoms with E-state index in [4.69, 9.17) is 11.6 Å². The predicted molar refractivity (Wildman–Crippen MR) is 112 cm³/mol. The predicted octanol–water partition coefficient (Wildman–Crippen LogP) is 3.56. The van der Waals surface area contributed by atoms with E-state index in [1.165, 1.54) is 4.88 Å². The Morgan fingerprint density at radius 2 is 2.04 bits per heavy atom. The highest BCUT2D eigenvalue weighted by molar-refractivity contribution is 7.11. The number of nitrogens with one attached hydrogen (secondary N) is 2. The summed E-state index contributed by atoms with van der Waals surface area (Å²) >= 11 is 7.74. The Morgan fingerprint density at radius 3 is 2.63 bits per heavy atom. The van der Waals surface area contributed by atoms with Crippen LogP contribution < -0.4 is 10.6 Å².